The van der Waals surface area contributed by atoms with Crippen molar-refractivity contribution >= 4 is 45.0 Å². The Labute approximate surface area is 175 Å². The first-order chi connectivity index (χ1) is 14.0. The summed E-state index contributed by atoms with van der Waals surface area (Å²) < 4.78 is 1.80. The van der Waals surface area contributed by atoms with E-state index in [1.54, 1.807) is 29.0 Å². The molecule has 1 amide bonds. The van der Waals surface area contributed by atoms with Crippen LogP contribution in [0, 0.1) is 6.92 Å². The summed E-state index contributed by atoms with van der Waals surface area (Å²) in [6, 6.07) is 10.8. The zero-order chi connectivity index (χ0) is 20.5. The van der Waals surface area contributed by atoms with E-state index in [0.717, 1.165) is 11.3 Å². The average Bonchev–Trinajstić information content (AvgIpc) is 3.16. The highest BCUT2D eigenvalue weighted by Gasteiger charge is 2.18. The molecule has 29 heavy (non-hydrogen) atoms. The van der Waals surface area contributed by atoms with Crippen LogP contribution in [0.25, 0.3) is 22.3 Å². The molecule has 0 radical (unpaired) electrons. The van der Waals surface area contributed by atoms with E-state index in [4.69, 9.17) is 11.6 Å². The number of nitrogens with zero attached hydrogens (tertiary/aromatic N) is 3. The van der Waals surface area contributed by atoms with Gasteiger partial charge >= 0.3 is 0 Å². The van der Waals surface area contributed by atoms with E-state index in [2.05, 4.69) is 15.3 Å². The Balaban J connectivity index is 1.68. The first-order valence-electron chi connectivity index (χ1n) is 9.00. The number of amides is 1. The van der Waals surface area contributed by atoms with Gasteiger partial charge in [-0.05, 0) is 32.0 Å². The number of aryl methyl sites for hydroxylation is 2. The maximum Gasteiger partial charge on any atom is 0.262 e. The first-order valence-corrected chi connectivity index (χ1v) is 10.3. The molecule has 0 atom stereocenters. The number of halogens is 1. The Morgan fingerprint density at radius 2 is 2.00 bits per heavy atom. The number of carbonyl (C=O) groups is 1. The van der Waals surface area contributed by atoms with E-state index in [1.165, 1.54) is 11.3 Å². The average molecular weight is 425 g/mol. The molecule has 0 aliphatic rings. The van der Waals surface area contributed by atoms with Crippen molar-refractivity contribution in [3.8, 4) is 11.3 Å². The van der Waals surface area contributed by atoms with E-state index < -0.39 is 5.91 Å². The topological polar surface area (TPSA) is 76.9 Å². The van der Waals surface area contributed by atoms with E-state index in [-0.39, 0.29) is 11.0 Å². The third-order valence-corrected chi connectivity index (χ3v) is 5.61. The fraction of sp³-hybridized carbons (Fsp3) is 0.143. The maximum absolute atomic E-state index is 12.9. The molecule has 0 aliphatic heterocycles. The molecule has 0 saturated heterocycles. The summed E-state index contributed by atoms with van der Waals surface area (Å²) in [6.07, 6.45) is 1.55. The van der Waals surface area contributed by atoms with Crippen LogP contribution in [-0.2, 0) is 6.54 Å². The first kappa shape index (κ1) is 19.3. The second-order valence-corrected chi connectivity index (χ2v) is 7.72. The molecular formula is C21H17ClN4O2S. The van der Waals surface area contributed by atoms with Crippen molar-refractivity contribution in [2.24, 2.45) is 0 Å². The lowest BCUT2D eigenvalue weighted by molar-refractivity contribution is 0.102. The zero-order valence-electron chi connectivity index (χ0n) is 15.8. The SMILES string of the molecule is CCn1cc(C(=O)Nc2nc(-c3ccccc3Cl)cs2)c(=O)c2ccc(C)nc21. The molecule has 1 N–H and O–H groups in total. The van der Waals surface area contributed by atoms with E-state index in [9.17, 15) is 9.59 Å². The van der Waals surface area contributed by atoms with Gasteiger partial charge in [-0.3, -0.25) is 14.9 Å². The molecule has 0 fully saturated rings. The highest BCUT2D eigenvalue weighted by Crippen LogP contribution is 2.30. The van der Waals surface area contributed by atoms with Crippen LogP contribution in [0.15, 0.2) is 52.8 Å². The van der Waals surface area contributed by atoms with Crippen LogP contribution in [0.2, 0.25) is 5.02 Å². The molecule has 8 heteroatoms. The van der Waals surface area contributed by atoms with Crippen LogP contribution >= 0.6 is 22.9 Å². The van der Waals surface area contributed by atoms with Crippen LogP contribution < -0.4 is 10.7 Å². The molecule has 3 aromatic heterocycles. The summed E-state index contributed by atoms with van der Waals surface area (Å²) in [7, 11) is 0. The number of anilines is 1. The van der Waals surface area contributed by atoms with Crippen molar-refractivity contribution in [1.29, 1.82) is 0 Å². The lowest BCUT2D eigenvalue weighted by Gasteiger charge is -2.11. The number of aromatic nitrogens is 3. The molecule has 146 valence electrons. The van der Waals surface area contributed by atoms with Crippen molar-refractivity contribution in [3.05, 3.63) is 74.5 Å². The zero-order valence-corrected chi connectivity index (χ0v) is 17.3. The van der Waals surface area contributed by atoms with Crippen LogP contribution in [0.4, 0.5) is 5.13 Å². The monoisotopic (exact) mass is 424 g/mol. The van der Waals surface area contributed by atoms with Gasteiger partial charge in [0.2, 0.25) is 5.43 Å². The second-order valence-electron chi connectivity index (χ2n) is 6.45. The van der Waals surface area contributed by atoms with E-state index in [1.807, 2.05) is 37.4 Å². The Morgan fingerprint density at radius 1 is 1.21 bits per heavy atom. The van der Waals surface area contributed by atoms with Gasteiger partial charge in [-0.2, -0.15) is 0 Å². The fourth-order valence-corrected chi connectivity index (χ4v) is 3.99. The number of carbonyl (C=O) groups excluding carboxylic acids is 1. The highest BCUT2D eigenvalue weighted by atomic mass is 35.5. The Hall–Kier alpha value is -3.03. The van der Waals surface area contributed by atoms with E-state index >= 15 is 0 Å². The van der Waals surface area contributed by atoms with Crippen LogP contribution in [0.5, 0.6) is 0 Å². The number of pyridine rings is 2. The number of thiazole rings is 1. The molecular weight excluding hydrogens is 408 g/mol. The number of hydrogen-bond acceptors (Lipinski definition) is 5. The van der Waals surface area contributed by atoms with Crippen molar-refractivity contribution in [2.45, 2.75) is 20.4 Å². The number of hydrogen-bond donors (Lipinski definition) is 1. The van der Waals surface area contributed by atoms with Gasteiger partial charge in [0.05, 0.1) is 11.1 Å². The van der Waals surface area contributed by atoms with Crippen LogP contribution in [0.1, 0.15) is 23.0 Å². The molecule has 0 unspecified atom stereocenters. The maximum atomic E-state index is 12.9. The number of rotatable bonds is 4. The predicted molar refractivity (Wildman–Crippen MR) is 117 cm³/mol. The van der Waals surface area contributed by atoms with E-state index in [0.29, 0.717) is 33.4 Å². The normalized spacial score (nSPS) is 11.0. The summed E-state index contributed by atoms with van der Waals surface area (Å²) in [5, 5.41) is 5.94. The molecule has 0 spiro atoms. The Bertz CT molecular complexity index is 1300. The standard InChI is InChI=1S/C21H17ClN4O2S/c1-3-26-10-15(18(27)14-9-8-12(2)23-19(14)26)20(28)25-21-24-17(11-29-21)13-6-4-5-7-16(13)22/h4-11H,3H2,1-2H3,(H,24,25,28). The fourth-order valence-electron chi connectivity index (χ4n) is 3.05. The van der Waals surface area contributed by atoms with Crippen molar-refractivity contribution < 1.29 is 4.79 Å². The van der Waals surface area contributed by atoms with Gasteiger partial charge in [0, 0.05) is 34.4 Å². The highest BCUT2D eigenvalue weighted by molar-refractivity contribution is 7.14. The molecule has 1 aromatic carbocycles. The molecule has 4 aromatic rings. The third kappa shape index (κ3) is 3.66. The van der Waals surface area contributed by atoms with Gasteiger partial charge < -0.3 is 4.57 Å². The van der Waals surface area contributed by atoms with Crippen LogP contribution in [0.3, 0.4) is 0 Å². The quantitative estimate of drug-likeness (QED) is 0.512. The lowest BCUT2D eigenvalue weighted by atomic mass is 10.1. The van der Waals surface area contributed by atoms with Gasteiger partial charge in [-0.15, -0.1) is 11.3 Å². The predicted octanol–water partition coefficient (Wildman–Crippen LogP) is 4.75. The number of fused-ring (bicyclic) bond motifs is 1. The van der Waals surface area contributed by atoms with Gasteiger partial charge in [-0.1, -0.05) is 29.8 Å². The van der Waals surface area contributed by atoms with Gasteiger partial charge in [0.25, 0.3) is 5.91 Å². The number of benzene rings is 1. The summed E-state index contributed by atoms with van der Waals surface area (Å²) in [5.41, 5.74) is 2.54. The van der Waals surface area contributed by atoms with Crippen molar-refractivity contribution in [1.82, 2.24) is 14.5 Å². The minimum Gasteiger partial charge on any atom is -0.332 e. The molecule has 4 rings (SSSR count). The summed E-state index contributed by atoms with van der Waals surface area (Å²) in [4.78, 5) is 34.6. The smallest absolute Gasteiger partial charge is 0.262 e. The minimum absolute atomic E-state index is 0.0551. The second kappa shape index (κ2) is 7.77. The molecule has 0 saturated carbocycles. The molecule has 0 bridgehead atoms. The summed E-state index contributed by atoms with van der Waals surface area (Å²) in [6.45, 7) is 4.39. The van der Waals surface area contributed by atoms with Crippen molar-refractivity contribution in [3.63, 3.8) is 0 Å². The third-order valence-electron chi connectivity index (χ3n) is 4.52. The van der Waals surface area contributed by atoms with Crippen molar-refractivity contribution in [2.75, 3.05) is 5.32 Å². The van der Waals surface area contributed by atoms with Gasteiger partial charge in [-0.25, -0.2) is 9.97 Å². The lowest BCUT2D eigenvalue weighted by Crippen LogP contribution is -2.24. The Morgan fingerprint density at radius 3 is 2.76 bits per heavy atom. The molecule has 0 aliphatic carbocycles. The van der Waals surface area contributed by atoms with Crippen LogP contribution in [-0.4, -0.2) is 20.4 Å². The van der Waals surface area contributed by atoms with Gasteiger partial charge in [0.1, 0.15) is 11.2 Å². The molecule has 3 heterocycles. The summed E-state index contributed by atoms with van der Waals surface area (Å²) in [5.74, 6) is -0.500. The number of nitrogens with one attached hydrogen (secondary N) is 1. The minimum atomic E-state index is -0.500. The van der Waals surface area contributed by atoms with Gasteiger partial charge in [0.15, 0.2) is 5.13 Å². The Kier molecular flexibility index (Phi) is 5.17. The molecule has 6 nitrogen and oxygen atoms in total. The largest absolute Gasteiger partial charge is 0.332 e. The summed E-state index contributed by atoms with van der Waals surface area (Å²) >= 11 is 7.49.